The predicted molar refractivity (Wildman–Crippen MR) is 87.1 cm³/mol. The molecular formula is C13H15Br2FN2O3S. The number of rotatable bonds is 5. The summed E-state index contributed by atoms with van der Waals surface area (Å²) in [5.41, 5.74) is 5.21. The zero-order valence-electron chi connectivity index (χ0n) is 11.6. The second kappa shape index (κ2) is 6.94. The van der Waals surface area contributed by atoms with E-state index in [2.05, 4.69) is 31.9 Å². The molecule has 0 spiro atoms. The van der Waals surface area contributed by atoms with Gasteiger partial charge in [-0.1, -0.05) is 12.8 Å². The molecule has 9 heteroatoms. The molecule has 1 aromatic carbocycles. The first-order valence-corrected chi connectivity index (χ1v) is 9.71. The average Bonchev–Trinajstić information content (AvgIpc) is 2.87. The fourth-order valence-electron chi connectivity index (χ4n) is 2.65. The lowest BCUT2D eigenvalue weighted by atomic mass is 10.2. The zero-order chi connectivity index (χ0) is 16.5. The van der Waals surface area contributed by atoms with Crippen LogP contribution in [-0.4, -0.2) is 31.2 Å². The van der Waals surface area contributed by atoms with Crippen LogP contribution < -0.4 is 5.73 Å². The molecule has 122 valence electrons. The summed E-state index contributed by atoms with van der Waals surface area (Å²) in [5, 5.41) is 0. The van der Waals surface area contributed by atoms with Crippen LogP contribution >= 0.6 is 31.9 Å². The van der Waals surface area contributed by atoms with Crippen LogP contribution in [0.15, 0.2) is 26.0 Å². The van der Waals surface area contributed by atoms with Crippen molar-refractivity contribution in [1.82, 2.24) is 4.31 Å². The molecule has 22 heavy (non-hydrogen) atoms. The first-order chi connectivity index (χ1) is 10.2. The highest BCUT2D eigenvalue weighted by molar-refractivity contribution is 9.11. The Morgan fingerprint density at radius 3 is 2.23 bits per heavy atom. The fraction of sp³-hybridized carbons (Fsp3) is 0.462. The second-order valence-electron chi connectivity index (χ2n) is 5.15. The van der Waals surface area contributed by atoms with Gasteiger partial charge >= 0.3 is 0 Å². The Kier molecular flexibility index (Phi) is 5.63. The molecule has 2 N–H and O–H groups in total. The maximum atomic E-state index is 13.4. The second-order valence-corrected chi connectivity index (χ2v) is 8.69. The lowest BCUT2D eigenvalue weighted by Crippen LogP contribution is -2.44. The summed E-state index contributed by atoms with van der Waals surface area (Å²) in [6.07, 6.45) is 3.17. The van der Waals surface area contributed by atoms with Gasteiger partial charge in [0.05, 0.1) is 6.54 Å². The first-order valence-electron chi connectivity index (χ1n) is 6.68. The molecule has 0 unspecified atom stereocenters. The van der Waals surface area contributed by atoms with Crippen molar-refractivity contribution in [1.29, 1.82) is 0 Å². The number of sulfonamides is 1. The van der Waals surface area contributed by atoms with Gasteiger partial charge in [0.25, 0.3) is 0 Å². The molecule has 1 aromatic rings. The third-order valence-electron chi connectivity index (χ3n) is 3.57. The molecule has 0 aliphatic heterocycles. The lowest BCUT2D eigenvalue weighted by Gasteiger charge is -2.27. The Bertz CT molecular complexity index is 668. The van der Waals surface area contributed by atoms with E-state index >= 15 is 0 Å². The van der Waals surface area contributed by atoms with Crippen molar-refractivity contribution in [2.75, 3.05) is 6.54 Å². The molecule has 0 saturated heterocycles. The van der Waals surface area contributed by atoms with E-state index in [4.69, 9.17) is 5.73 Å². The third-order valence-corrected chi connectivity index (χ3v) is 7.35. The van der Waals surface area contributed by atoms with Crippen LogP contribution in [-0.2, 0) is 14.8 Å². The predicted octanol–water partition coefficient (Wildman–Crippen LogP) is 2.77. The molecule has 0 bridgehead atoms. The van der Waals surface area contributed by atoms with E-state index < -0.39 is 21.7 Å². The third kappa shape index (κ3) is 3.69. The highest BCUT2D eigenvalue weighted by atomic mass is 79.9. The number of carbonyl (C=O) groups is 1. The summed E-state index contributed by atoms with van der Waals surface area (Å²) in [5.74, 6) is -1.29. The number of primary amides is 1. The number of amides is 1. The van der Waals surface area contributed by atoms with Crippen molar-refractivity contribution in [2.24, 2.45) is 5.73 Å². The maximum Gasteiger partial charge on any atom is 0.246 e. The number of halogens is 3. The van der Waals surface area contributed by atoms with E-state index in [1.165, 1.54) is 0 Å². The summed E-state index contributed by atoms with van der Waals surface area (Å²) in [4.78, 5) is 11.2. The monoisotopic (exact) mass is 456 g/mol. The van der Waals surface area contributed by atoms with Crippen LogP contribution in [0.25, 0.3) is 0 Å². The smallest absolute Gasteiger partial charge is 0.246 e. The van der Waals surface area contributed by atoms with E-state index in [0.717, 1.165) is 29.3 Å². The van der Waals surface area contributed by atoms with Gasteiger partial charge in [0.1, 0.15) is 10.7 Å². The molecule has 1 aliphatic rings. The van der Waals surface area contributed by atoms with Crippen LogP contribution in [0.4, 0.5) is 4.39 Å². The van der Waals surface area contributed by atoms with E-state index in [-0.39, 0.29) is 26.4 Å². The number of hydrogen-bond acceptors (Lipinski definition) is 3. The zero-order valence-corrected chi connectivity index (χ0v) is 15.5. The van der Waals surface area contributed by atoms with Crippen molar-refractivity contribution in [3.8, 4) is 0 Å². The minimum Gasteiger partial charge on any atom is -0.369 e. The van der Waals surface area contributed by atoms with Crippen LogP contribution in [0, 0.1) is 5.82 Å². The number of nitrogens with two attached hydrogens (primary N) is 1. The van der Waals surface area contributed by atoms with Crippen molar-refractivity contribution < 1.29 is 17.6 Å². The van der Waals surface area contributed by atoms with Crippen molar-refractivity contribution in [3.05, 3.63) is 26.9 Å². The molecule has 0 atom stereocenters. The van der Waals surface area contributed by atoms with E-state index in [1.54, 1.807) is 0 Å². The minimum absolute atomic E-state index is 0.0953. The average molecular weight is 458 g/mol. The molecule has 0 radical (unpaired) electrons. The topological polar surface area (TPSA) is 80.5 Å². The quantitative estimate of drug-likeness (QED) is 0.738. The van der Waals surface area contributed by atoms with Gasteiger partial charge in [-0.3, -0.25) is 4.79 Å². The fourth-order valence-corrected chi connectivity index (χ4v) is 6.75. The van der Waals surface area contributed by atoms with E-state index in [0.29, 0.717) is 12.8 Å². The Balaban J connectivity index is 2.51. The molecule has 0 aromatic heterocycles. The largest absolute Gasteiger partial charge is 0.369 e. The molecule has 1 aliphatic carbocycles. The first kappa shape index (κ1) is 17.8. The van der Waals surface area contributed by atoms with Gasteiger partial charge in [-0.05, 0) is 56.8 Å². The minimum atomic E-state index is -3.99. The molecule has 1 fully saturated rings. The van der Waals surface area contributed by atoms with Gasteiger partial charge in [-0.2, -0.15) is 4.31 Å². The van der Waals surface area contributed by atoms with Crippen molar-refractivity contribution in [2.45, 2.75) is 36.6 Å². The Morgan fingerprint density at radius 1 is 1.27 bits per heavy atom. The molecule has 1 saturated carbocycles. The summed E-state index contributed by atoms with van der Waals surface area (Å²) in [6, 6.07) is 1.89. The van der Waals surface area contributed by atoms with Crippen molar-refractivity contribution >= 4 is 47.8 Å². The summed E-state index contributed by atoms with van der Waals surface area (Å²) < 4.78 is 40.6. The number of nitrogens with zero attached hydrogens (tertiary/aromatic N) is 1. The molecule has 0 heterocycles. The molecular weight excluding hydrogens is 443 g/mol. The van der Waals surface area contributed by atoms with Crippen LogP contribution in [0.1, 0.15) is 25.7 Å². The van der Waals surface area contributed by atoms with Crippen LogP contribution in [0.2, 0.25) is 0 Å². The summed E-state index contributed by atoms with van der Waals surface area (Å²) in [7, 11) is -3.99. The molecule has 5 nitrogen and oxygen atoms in total. The SMILES string of the molecule is NC(=O)CN(C1CCCC1)S(=O)(=O)c1c(Br)cc(F)cc1Br. The number of benzene rings is 1. The highest BCUT2D eigenvalue weighted by Gasteiger charge is 2.36. The standard InChI is InChI=1S/C13H15Br2FN2O3S/c14-10-5-8(16)6-11(15)13(10)22(20,21)18(7-12(17)19)9-3-1-2-4-9/h5-6,9H,1-4,7H2,(H2,17,19). The summed E-state index contributed by atoms with van der Waals surface area (Å²) in [6.45, 7) is -0.386. The van der Waals surface area contributed by atoms with E-state index in [1.807, 2.05) is 0 Å². The van der Waals surface area contributed by atoms with E-state index in [9.17, 15) is 17.6 Å². The van der Waals surface area contributed by atoms with Gasteiger partial charge in [-0.25, -0.2) is 12.8 Å². The van der Waals surface area contributed by atoms with Gasteiger partial charge in [0.2, 0.25) is 15.9 Å². The Labute approximate surface area is 145 Å². The van der Waals surface area contributed by atoms with Gasteiger partial charge in [-0.15, -0.1) is 0 Å². The summed E-state index contributed by atoms with van der Waals surface area (Å²) >= 11 is 6.17. The van der Waals surface area contributed by atoms with Gasteiger partial charge in [0, 0.05) is 15.0 Å². The highest BCUT2D eigenvalue weighted by Crippen LogP contribution is 2.36. The van der Waals surface area contributed by atoms with Crippen LogP contribution in [0.5, 0.6) is 0 Å². The number of carbonyl (C=O) groups excluding carboxylic acids is 1. The molecule has 2 rings (SSSR count). The lowest BCUT2D eigenvalue weighted by molar-refractivity contribution is -0.118. The van der Waals surface area contributed by atoms with Gasteiger partial charge in [0.15, 0.2) is 0 Å². The Hall–Kier alpha value is -0.510. The van der Waals surface area contributed by atoms with Crippen molar-refractivity contribution in [3.63, 3.8) is 0 Å². The Morgan fingerprint density at radius 2 is 1.77 bits per heavy atom. The molecule has 1 amide bonds. The maximum absolute atomic E-state index is 13.4. The van der Waals surface area contributed by atoms with Gasteiger partial charge < -0.3 is 5.73 Å². The normalized spacial score (nSPS) is 16.4. The van der Waals surface area contributed by atoms with Crippen LogP contribution in [0.3, 0.4) is 0 Å². The number of hydrogen-bond donors (Lipinski definition) is 1.